The van der Waals surface area contributed by atoms with Crippen molar-refractivity contribution in [2.24, 2.45) is 5.73 Å². The standard InChI is InChI=1S/C19H14N4O3S.C4H9N/c20-10-14(18(26)22-7-8-24)19-23-15-6-5-13(9-16(15)27-19)11-1-3-12(4-2-11)17(21)25;1-5-4-2-3-4/h1-6,8-9,14H,7H2,(H2,21,25)(H,22,26);4-5H,2-3H2,1H3. The third kappa shape index (κ3) is 5.75. The molecule has 0 aliphatic heterocycles. The van der Waals surface area contributed by atoms with Crippen molar-refractivity contribution in [1.29, 1.82) is 5.26 Å². The van der Waals surface area contributed by atoms with Crippen molar-refractivity contribution in [2.75, 3.05) is 13.6 Å². The van der Waals surface area contributed by atoms with Gasteiger partial charge < -0.3 is 21.2 Å². The van der Waals surface area contributed by atoms with Crippen LogP contribution in [-0.2, 0) is 9.59 Å². The monoisotopic (exact) mass is 449 g/mol. The minimum atomic E-state index is -1.07. The largest absolute Gasteiger partial charge is 0.366 e. The number of rotatable bonds is 7. The van der Waals surface area contributed by atoms with Crippen LogP contribution in [0.4, 0.5) is 0 Å². The second-order valence-electron chi connectivity index (χ2n) is 7.21. The molecule has 4 N–H and O–H groups in total. The second kappa shape index (κ2) is 10.6. The van der Waals surface area contributed by atoms with E-state index in [1.165, 1.54) is 24.2 Å². The van der Waals surface area contributed by atoms with Crippen LogP contribution in [0.15, 0.2) is 42.5 Å². The number of aromatic nitrogens is 1. The van der Waals surface area contributed by atoms with Crippen molar-refractivity contribution in [3.8, 4) is 17.2 Å². The first kappa shape index (κ1) is 23.1. The molecule has 8 nitrogen and oxygen atoms in total. The van der Waals surface area contributed by atoms with Crippen LogP contribution in [0.1, 0.15) is 34.1 Å². The maximum absolute atomic E-state index is 12.0. The molecule has 0 saturated heterocycles. The second-order valence-corrected chi connectivity index (χ2v) is 8.28. The molecule has 2 aromatic carbocycles. The molecule has 0 spiro atoms. The molecule has 3 aromatic rings. The molecule has 1 fully saturated rings. The van der Waals surface area contributed by atoms with E-state index in [0.29, 0.717) is 22.4 Å². The van der Waals surface area contributed by atoms with Gasteiger partial charge >= 0.3 is 0 Å². The molecular formula is C23H23N5O3S. The molecule has 9 heteroatoms. The van der Waals surface area contributed by atoms with Crippen LogP contribution in [-0.4, -0.2) is 42.7 Å². The lowest BCUT2D eigenvalue weighted by molar-refractivity contribution is -0.122. The Morgan fingerprint density at radius 1 is 1.25 bits per heavy atom. The van der Waals surface area contributed by atoms with Crippen molar-refractivity contribution in [3.05, 3.63) is 53.0 Å². The van der Waals surface area contributed by atoms with Gasteiger partial charge in [0.05, 0.1) is 22.8 Å². The zero-order valence-electron chi connectivity index (χ0n) is 17.5. The summed E-state index contributed by atoms with van der Waals surface area (Å²) in [6.45, 7) is -0.145. The number of thiazole rings is 1. The zero-order valence-corrected chi connectivity index (χ0v) is 18.3. The summed E-state index contributed by atoms with van der Waals surface area (Å²) in [7, 11) is 2.01. The number of nitrogens with one attached hydrogen (secondary N) is 2. The van der Waals surface area contributed by atoms with E-state index < -0.39 is 17.7 Å². The van der Waals surface area contributed by atoms with E-state index in [-0.39, 0.29) is 6.54 Å². The van der Waals surface area contributed by atoms with Crippen molar-refractivity contribution in [1.82, 2.24) is 15.6 Å². The third-order valence-electron chi connectivity index (χ3n) is 4.89. The maximum Gasteiger partial charge on any atom is 0.248 e. The summed E-state index contributed by atoms with van der Waals surface area (Å²) in [4.78, 5) is 38.0. The molecular weight excluding hydrogens is 426 g/mol. The number of nitrogens with zero attached hydrogens (tertiary/aromatic N) is 2. The maximum atomic E-state index is 12.0. The van der Waals surface area contributed by atoms with E-state index in [4.69, 9.17) is 5.73 Å². The third-order valence-corrected chi connectivity index (χ3v) is 5.97. The minimum absolute atomic E-state index is 0.145. The summed E-state index contributed by atoms with van der Waals surface area (Å²) in [5.74, 6) is -2.11. The molecule has 32 heavy (non-hydrogen) atoms. The SMILES string of the molecule is CNC1CC1.N#CC(C(=O)NCC=O)c1nc2ccc(-c3ccc(C(N)=O)cc3)cc2s1. The zero-order chi connectivity index (χ0) is 23.1. The predicted molar refractivity (Wildman–Crippen MR) is 123 cm³/mol. The molecule has 1 saturated carbocycles. The number of fused-ring (bicyclic) bond motifs is 1. The fraction of sp³-hybridized carbons (Fsp3) is 0.261. The lowest BCUT2D eigenvalue weighted by Gasteiger charge is -2.04. The molecule has 1 aliphatic carbocycles. The van der Waals surface area contributed by atoms with Crippen LogP contribution >= 0.6 is 11.3 Å². The Morgan fingerprint density at radius 3 is 2.47 bits per heavy atom. The number of amides is 2. The van der Waals surface area contributed by atoms with Gasteiger partial charge in [0.2, 0.25) is 11.8 Å². The highest BCUT2D eigenvalue weighted by atomic mass is 32.1. The number of aldehydes is 1. The van der Waals surface area contributed by atoms with Crippen LogP contribution in [0.25, 0.3) is 21.3 Å². The van der Waals surface area contributed by atoms with Crippen LogP contribution in [0.5, 0.6) is 0 Å². The number of carbonyl (C=O) groups excluding carboxylic acids is 3. The Kier molecular flexibility index (Phi) is 7.65. The molecule has 1 unspecified atom stereocenters. The molecule has 1 aliphatic rings. The number of hydrogen-bond donors (Lipinski definition) is 3. The van der Waals surface area contributed by atoms with Gasteiger partial charge in [0, 0.05) is 11.6 Å². The highest BCUT2D eigenvalue weighted by Crippen LogP contribution is 2.31. The fourth-order valence-corrected chi connectivity index (χ4v) is 3.97. The van der Waals surface area contributed by atoms with Gasteiger partial charge in [-0.25, -0.2) is 4.98 Å². The van der Waals surface area contributed by atoms with E-state index in [0.717, 1.165) is 21.9 Å². The first-order valence-electron chi connectivity index (χ1n) is 10.1. The molecule has 1 aromatic heterocycles. The molecule has 0 bridgehead atoms. The quantitative estimate of drug-likeness (QED) is 0.473. The average Bonchev–Trinajstić information content (AvgIpc) is 3.56. The smallest absolute Gasteiger partial charge is 0.248 e. The molecule has 1 atom stereocenters. The Hall–Kier alpha value is -3.61. The van der Waals surface area contributed by atoms with E-state index >= 15 is 0 Å². The van der Waals surface area contributed by atoms with Crippen LogP contribution in [0.3, 0.4) is 0 Å². The van der Waals surface area contributed by atoms with Crippen LogP contribution in [0, 0.1) is 11.3 Å². The molecule has 2 amide bonds. The van der Waals surface area contributed by atoms with Crippen LogP contribution in [0.2, 0.25) is 0 Å². The predicted octanol–water partition coefficient (Wildman–Crippen LogP) is 2.35. The van der Waals surface area contributed by atoms with Gasteiger partial charge in [0.15, 0.2) is 5.92 Å². The van der Waals surface area contributed by atoms with Gasteiger partial charge in [-0.3, -0.25) is 9.59 Å². The van der Waals surface area contributed by atoms with Gasteiger partial charge in [-0.05, 0) is 55.3 Å². The summed E-state index contributed by atoms with van der Waals surface area (Å²) in [6.07, 6.45) is 3.35. The number of primary amides is 1. The highest BCUT2D eigenvalue weighted by Gasteiger charge is 2.24. The summed E-state index contributed by atoms with van der Waals surface area (Å²) < 4.78 is 0.824. The Labute approximate surface area is 189 Å². The number of hydrogen-bond acceptors (Lipinski definition) is 7. The topological polar surface area (TPSA) is 138 Å². The molecule has 0 radical (unpaired) electrons. The number of nitrogens with two attached hydrogens (primary N) is 1. The van der Waals surface area contributed by atoms with Gasteiger partial charge in [-0.15, -0.1) is 11.3 Å². The number of carbonyl (C=O) groups is 3. The van der Waals surface area contributed by atoms with Gasteiger partial charge in [0.1, 0.15) is 11.3 Å². The van der Waals surface area contributed by atoms with Gasteiger partial charge in [-0.1, -0.05) is 18.2 Å². The molecule has 164 valence electrons. The van der Waals surface area contributed by atoms with Crippen molar-refractivity contribution in [2.45, 2.75) is 24.8 Å². The van der Waals surface area contributed by atoms with Gasteiger partial charge in [-0.2, -0.15) is 5.26 Å². The minimum Gasteiger partial charge on any atom is -0.366 e. The van der Waals surface area contributed by atoms with Crippen molar-refractivity contribution < 1.29 is 14.4 Å². The summed E-state index contributed by atoms with van der Waals surface area (Å²) in [5.41, 5.74) is 8.17. The van der Waals surface area contributed by atoms with Crippen LogP contribution < -0.4 is 16.4 Å². The molecule has 1 heterocycles. The van der Waals surface area contributed by atoms with Crippen molar-refractivity contribution >= 4 is 39.7 Å². The normalized spacial score (nSPS) is 13.4. The lowest BCUT2D eigenvalue weighted by Crippen LogP contribution is -2.30. The van der Waals surface area contributed by atoms with E-state index in [9.17, 15) is 19.6 Å². The molecule has 4 rings (SSSR count). The highest BCUT2D eigenvalue weighted by molar-refractivity contribution is 7.18. The number of benzene rings is 2. The Morgan fingerprint density at radius 2 is 1.94 bits per heavy atom. The Bertz CT molecular complexity index is 1160. The fourth-order valence-electron chi connectivity index (χ4n) is 2.91. The number of nitriles is 1. The summed E-state index contributed by atoms with van der Waals surface area (Å²) in [5, 5.41) is 15.2. The summed E-state index contributed by atoms with van der Waals surface area (Å²) in [6, 6.07) is 15.3. The Balaban J connectivity index is 0.000000509. The van der Waals surface area contributed by atoms with Crippen molar-refractivity contribution in [3.63, 3.8) is 0 Å². The average molecular weight is 450 g/mol. The van der Waals surface area contributed by atoms with E-state index in [2.05, 4.69) is 15.6 Å². The first-order valence-corrected chi connectivity index (χ1v) is 10.9. The van der Waals surface area contributed by atoms with Gasteiger partial charge in [0.25, 0.3) is 0 Å². The van der Waals surface area contributed by atoms with E-state index in [1.807, 2.05) is 31.3 Å². The summed E-state index contributed by atoms with van der Waals surface area (Å²) >= 11 is 1.25. The lowest BCUT2D eigenvalue weighted by atomic mass is 10.0. The first-order chi connectivity index (χ1) is 15.5. The van der Waals surface area contributed by atoms with E-state index in [1.54, 1.807) is 24.3 Å².